The molecule has 0 aliphatic rings. The third-order valence-electron chi connectivity index (χ3n) is 5.81. The quantitative estimate of drug-likeness (QED) is 0.386. The predicted molar refractivity (Wildman–Crippen MR) is 142 cm³/mol. The number of rotatable bonds is 11. The molecule has 0 saturated heterocycles. The Bertz CT molecular complexity index is 1330. The second kappa shape index (κ2) is 12.6. The van der Waals surface area contributed by atoms with Gasteiger partial charge in [-0.25, -0.2) is 17.2 Å². The molecule has 0 radical (unpaired) electrons. The summed E-state index contributed by atoms with van der Waals surface area (Å²) in [6.07, 6.45) is 0.265. The zero-order valence-corrected chi connectivity index (χ0v) is 22.3. The SMILES string of the molecule is CC[C@H](C(=O)NC(C)C)N(Cc1ccc(F)cc1)C(=O)CN(c1ccccc1)S(=O)(=O)c1ccc(F)cc1. The highest BCUT2D eigenvalue weighted by Crippen LogP contribution is 2.25. The Hall–Kier alpha value is -3.79. The first kappa shape index (κ1) is 28.8. The lowest BCUT2D eigenvalue weighted by atomic mass is 10.1. The van der Waals surface area contributed by atoms with Crippen molar-refractivity contribution in [2.75, 3.05) is 10.8 Å². The van der Waals surface area contributed by atoms with Gasteiger partial charge in [-0.15, -0.1) is 0 Å². The summed E-state index contributed by atoms with van der Waals surface area (Å²) >= 11 is 0. The summed E-state index contributed by atoms with van der Waals surface area (Å²) in [5, 5.41) is 2.81. The van der Waals surface area contributed by atoms with E-state index in [0.717, 1.165) is 28.6 Å². The smallest absolute Gasteiger partial charge is 0.264 e. The molecule has 0 fully saturated rings. The van der Waals surface area contributed by atoms with Crippen molar-refractivity contribution < 1.29 is 26.8 Å². The van der Waals surface area contributed by atoms with Crippen LogP contribution in [-0.4, -0.2) is 43.8 Å². The highest BCUT2D eigenvalue weighted by molar-refractivity contribution is 7.92. The Morgan fingerprint density at radius 1 is 0.868 bits per heavy atom. The molecule has 7 nitrogen and oxygen atoms in total. The Labute approximate surface area is 222 Å². The maximum absolute atomic E-state index is 13.8. The van der Waals surface area contributed by atoms with Crippen LogP contribution in [0, 0.1) is 11.6 Å². The molecular weight excluding hydrogens is 512 g/mol. The molecular formula is C28H31F2N3O4S. The highest BCUT2D eigenvalue weighted by Gasteiger charge is 2.33. The molecule has 0 aliphatic carbocycles. The summed E-state index contributed by atoms with van der Waals surface area (Å²) in [4.78, 5) is 28.0. The number of carbonyl (C=O) groups excluding carboxylic acids is 2. The van der Waals surface area contributed by atoms with Crippen LogP contribution in [0.2, 0.25) is 0 Å². The lowest BCUT2D eigenvalue weighted by Gasteiger charge is -2.33. The monoisotopic (exact) mass is 543 g/mol. The molecule has 3 aromatic rings. The van der Waals surface area contributed by atoms with Gasteiger partial charge < -0.3 is 10.2 Å². The van der Waals surface area contributed by atoms with Crippen molar-refractivity contribution in [3.63, 3.8) is 0 Å². The molecule has 0 bridgehead atoms. The number of hydrogen-bond donors (Lipinski definition) is 1. The van der Waals surface area contributed by atoms with E-state index in [9.17, 15) is 26.8 Å². The van der Waals surface area contributed by atoms with E-state index in [1.165, 1.54) is 29.2 Å². The van der Waals surface area contributed by atoms with Gasteiger partial charge in [0.2, 0.25) is 11.8 Å². The van der Waals surface area contributed by atoms with E-state index >= 15 is 0 Å². The van der Waals surface area contributed by atoms with E-state index in [2.05, 4.69) is 5.32 Å². The second-order valence-corrected chi connectivity index (χ2v) is 10.9. The molecule has 3 rings (SSSR count). The van der Waals surface area contributed by atoms with Crippen LogP contribution in [-0.2, 0) is 26.2 Å². The fraction of sp³-hybridized carbons (Fsp3) is 0.286. The van der Waals surface area contributed by atoms with Gasteiger partial charge in [0.1, 0.15) is 24.2 Å². The fourth-order valence-corrected chi connectivity index (χ4v) is 5.36. The van der Waals surface area contributed by atoms with Crippen molar-refractivity contribution in [1.29, 1.82) is 0 Å². The number of hydrogen-bond acceptors (Lipinski definition) is 4. The number of carbonyl (C=O) groups is 2. The minimum Gasteiger partial charge on any atom is -0.352 e. The van der Waals surface area contributed by atoms with Crippen LogP contribution in [0.5, 0.6) is 0 Å². The van der Waals surface area contributed by atoms with Crippen LogP contribution in [0.4, 0.5) is 14.5 Å². The van der Waals surface area contributed by atoms with Crippen LogP contribution in [0.15, 0.2) is 83.8 Å². The number of nitrogens with zero attached hydrogens (tertiary/aromatic N) is 2. The van der Waals surface area contributed by atoms with Gasteiger partial charge in [0.25, 0.3) is 10.0 Å². The van der Waals surface area contributed by atoms with E-state index in [1.54, 1.807) is 51.1 Å². The van der Waals surface area contributed by atoms with Crippen molar-refractivity contribution in [2.45, 2.75) is 50.7 Å². The molecule has 0 spiro atoms. The minimum absolute atomic E-state index is 0.0393. The third kappa shape index (κ3) is 7.16. The van der Waals surface area contributed by atoms with Gasteiger partial charge >= 0.3 is 0 Å². The van der Waals surface area contributed by atoms with Gasteiger partial charge in [-0.1, -0.05) is 37.3 Å². The molecule has 2 amide bonds. The van der Waals surface area contributed by atoms with Crippen LogP contribution < -0.4 is 9.62 Å². The van der Waals surface area contributed by atoms with E-state index in [4.69, 9.17) is 0 Å². The predicted octanol–water partition coefficient (Wildman–Crippen LogP) is 4.49. The molecule has 1 atom stereocenters. The largest absolute Gasteiger partial charge is 0.352 e. The molecule has 0 heterocycles. The molecule has 38 heavy (non-hydrogen) atoms. The number of benzene rings is 3. The number of nitrogens with one attached hydrogen (secondary N) is 1. The van der Waals surface area contributed by atoms with Crippen LogP contribution in [0.25, 0.3) is 0 Å². The van der Waals surface area contributed by atoms with Crippen molar-refractivity contribution in [3.8, 4) is 0 Å². The Morgan fingerprint density at radius 3 is 1.95 bits per heavy atom. The molecule has 3 aromatic carbocycles. The zero-order chi connectivity index (χ0) is 27.9. The lowest BCUT2D eigenvalue weighted by molar-refractivity contribution is -0.140. The maximum Gasteiger partial charge on any atom is 0.264 e. The van der Waals surface area contributed by atoms with E-state index in [0.29, 0.717) is 5.56 Å². The molecule has 0 unspecified atom stereocenters. The van der Waals surface area contributed by atoms with Gasteiger partial charge in [-0.05, 0) is 74.4 Å². The van der Waals surface area contributed by atoms with Crippen molar-refractivity contribution >= 4 is 27.5 Å². The standard InChI is InChI=1S/C28H31F2N3O4S/c1-4-26(28(35)31-20(2)3)32(18-21-10-12-22(29)13-11-21)27(34)19-33(24-8-6-5-7-9-24)38(36,37)25-16-14-23(30)15-17-25/h5-17,20,26H,4,18-19H2,1-3H3,(H,31,35)/t26-/m1/s1. The van der Waals surface area contributed by atoms with Gasteiger partial charge in [-0.2, -0.15) is 0 Å². The Kier molecular flexibility index (Phi) is 9.57. The first-order valence-electron chi connectivity index (χ1n) is 12.2. The summed E-state index contributed by atoms with van der Waals surface area (Å²) in [7, 11) is -4.28. The average molecular weight is 544 g/mol. The Balaban J connectivity index is 2.03. The van der Waals surface area contributed by atoms with Gasteiger partial charge in [0.15, 0.2) is 0 Å². The lowest BCUT2D eigenvalue weighted by Crippen LogP contribution is -2.53. The minimum atomic E-state index is -4.28. The van der Waals surface area contributed by atoms with Crippen LogP contribution in [0.1, 0.15) is 32.8 Å². The fourth-order valence-electron chi connectivity index (χ4n) is 3.94. The van der Waals surface area contributed by atoms with E-state index in [1.807, 2.05) is 0 Å². The summed E-state index contributed by atoms with van der Waals surface area (Å²) in [5.41, 5.74) is 0.801. The number of amides is 2. The summed E-state index contributed by atoms with van der Waals surface area (Å²) < 4.78 is 55.2. The molecule has 1 N–H and O–H groups in total. The topological polar surface area (TPSA) is 86.8 Å². The van der Waals surface area contributed by atoms with Gasteiger partial charge in [-0.3, -0.25) is 13.9 Å². The number of halogens is 2. The van der Waals surface area contributed by atoms with Crippen molar-refractivity contribution in [1.82, 2.24) is 10.2 Å². The molecule has 0 aromatic heterocycles. The zero-order valence-electron chi connectivity index (χ0n) is 21.5. The van der Waals surface area contributed by atoms with E-state index < -0.39 is 40.2 Å². The van der Waals surface area contributed by atoms with Crippen molar-refractivity contribution in [3.05, 3.63) is 96.1 Å². The first-order chi connectivity index (χ1) is 18.0. The van der Waals surface area contributed by atoms with Crippen LogP contribution >= 0.6 is 0 Å². The molecule has 202 valence electrons. The molecule has 10 heteroatoms. The highest BCUT2D eigenvalue weighted by atomic mass is 32.2. The van der Waals surface area contributed by atoms with E-state index in [-0.39, 0.29) is 35.5 Å². The summed E-state index contributed by atoms with van der Waals surface area (Å²) in [6, 6.07) is 16.8. The van der Waals surface area contributed by atoms with Gasteiger partial charge in [0, 0.05) is 12.6 Å². The number of anilines is 1. The maximum atomic E-state index is 13.8. The van der Waals surface area contributed by atoms with Crippen molar-refractivity contribution in [2.24, 2.45) is 0 Å². The number of sulfonamides is 1. The second-order valence-electron chi connectivity index (χ2n) is 9.04. The average Bonchev–Trinajstić information content (AvgIpc) is 2.88. The normalized spacial score (nSPS) is 12.2. The Morgan fingerprint density at radius 2 is 1.42 bits per heavy atom. The van der Waals surface area contributed by atoms with Gasteiger partial charge in [0.05, 0.1) is 10.6 Å². The molecule has 0 aliphatic heterocycles. The number of para-hydroxylation sites is 1. The molecule has 0 saturated carbocycles. The summed E-state index contributed by atoms with van der Waals surface area (Å²) in [5.74, 6) is -2.06. The first-order valence-corrected chi connectivity index (χ1v) is 13.6. The third-order valence-corrected chi connectivity index (χ3v) is 7.60. The summed E-state index contributed by atoms with van der Waals surface area (Å²) in [6.45, 7) is 4.69. The van der Waals surface area contributed by atoms with Crippen LogP contribution in [0.3, 0.4) is 0 Å².